The molecule has 0 aliphatic heterocycles. The normalized spacial score (nSPS) is 26.2. The van der Waals surface area contributed by atoms with E-state index in [1.807, 2.05) is 13.8 Å². The van der Waals surface area contributed by atoms with Crippen LogP contribution in [0.5, 0.6) is 5.75 Å². The van der Waals surface area contributed by atoms with Gasteiger partial charge >= 0.3 is 12.1 Å². The molecule has 2 saturated carbocycles. The van der Waals surface area contributed by atoms with E-state index in [1.54, 1.807) is 0 Å². The third-order valence-corrected chi connectivity index (χ3v) is 6.90. The Labute approximate surface area is 173 Å². The van der Waals surface area contributed by atoms with Crippen LogP contribution in [0.15, 0.2) is 18.2 Å². The van der Waals surface area contributed by atoms with Crippen LogP contribution >= 0.6 is 0 Å². The Kier molecular flexibility index (Phi) is 6.12. The summed E-state index contributed by atoms with van der Waals surface area (Å²) < 4.78 is 81.9. The highest BCUT2D eigenvalue weighted by molar-refractivity contribution is 7.85. The SMILES string of the molecule is CC(C)C1(Oc2cc(C(=O)OCCS(=O)(=O)O)ccc2C(F)(F)F)CC2CCC1C2. The molecule has 0 aromatic heterocycles. The number of rotatable bonds is 7. The van der Waals surface area contributed by atoms with Crippen LogP contribution in [0.25, 0.3) is 0 Å². The van der Waals surface area contributed by atoms with Gasteiger partial charge in [-0.2, -0.15) is 21.6 Å². The molecule has 2 aliphatic carbocycles. The lowest BCUT2D eigenvalue weighted by Crippen LogP contribution is -2.46. The van der Waals surface area contributed by atoms with Crippen molar-refractivity contribution in [3.63, 3.8) is 0 Å². The van der Waals surface area contributed by atoms with Gasteiger partial charge in [-0.1, -0.05) is 13.8 Å². The van der Waals surface area contributed by atoms with Crippen molar-refractivity contribution >= 4 is 16.1 Å². The van der Waals surface area contributed by atoms with Crippen molar-refractivity contribution in [1.82, 2.24) is 0 Å². The summed E-state index contributed by atoms with van der Waals surface area (Å²) in [6.45, 7) is 3.25. The zero-order chi connectivity index (χ0) is 22.3. The molecule has 2 aliphatic rings. The molecule has 3 atom stereocenters. The van der Waals surface area contributed by atoms with E-state index in [-0.39, 0.29) is 17.4 Å². The number of hydrogen-bond donors (Lipinski definition) is 1. The van der Waals surface area contributed by atoms with Gasteiger partial charge in [0.15, 0.2) is 0 Å². The molecule has 1 N–H and O–H groups in total. The third kappa shape index (κ3) is 4.74. The Morgan fingerprint density at radius 1 is 1.30 bits per heavy atom. The summed E-state index contributed by atoms with van der Waals surface area (Å²) in [6.07, 6.45) is -1.11. The Balaban J connectivity index is 1.89. The van der Waals surface area contributed by atoms with Gasteiger partial charge in [-0.3, -0.25) is 4.55 Å². The van der Waals surface area contributed by atoms with Crippen LogP contribution < -0.4 is 4.74 Å². The number of ether oxygens (including phenoxy) is 2. The molecule has 1 aromatic rings. The fourth-order valence-corrected chi connectivity index (χ4v) is 5.06. The minimum atomic E-state index is -4.67. The number of alkyl halides is 3. The van der Waals surface area contributed by atoms with Gasteiger partial charge in [0.05, 0.1) is 11.1 Å². The maximum absolute atomic E-state index is 13.6. The highest BCUT2D eigenvalue weighted by atomic mass is 32.2. The summed E-state index contributed by atoms with van der Waals surface area (Å²) in [4.78, 5) is 12.2. The average Bonchev–Trinajstić information content (AvgIpc) is 3.21. The molecule has 6 nitrogen and oxygen atoms in total. The predicted octanol–water partition coefficient (Wildman–Crippen LogP) is 4.34. The van der Waals surface area contributed by atoms with E-state index >= 15 is 0 Å². The van der Waals surface area contributed by atoms with Crippen molar-refractivity contribution < 1.29 is 40.4 Å². The lowest BCUT2D eigenvalue weighted by molar-refractivity contribution is -0.141. The van der Waals surface area contributed by atoms with Gasteiger partial charge in [-0.15, -0.1) is 0 Å². The van der Waals surface area contributed by atoms with E-state index in [9.17, 15) is 26.4 Å². The first-order chi connectivity index (χ1) is 13.8. The smallest absolute Gasteiger partial charge is 0.419 e. The van der Waals surface area contributed by atoms with Crippen molar-refractivity contribution in [3.05, 3.63) is 29.3 Å². The van der Waals surface area contributed by atoms with Crippen LogP contribution in [0.4, 0.5) is 13.2 Å². The van der Waals surface area contributed by atoms with Crippen molar-refractivity contribution in [1.29, 1.82) is 0 Å². The van der Waals surface area contributed by atoms with Crippen LogP contribution in [0.3, 0.4) is 0 Å². The quantitative estimate of drug-likeness (QED) is 0.491. The first-order valence-corrected chi connectivity index (χ1v) is 11.5. The Morgan fingerprint density at radius 2 is 2.00 bits per heavy atom. The van der Waals surface area contributed by atoms with Crippen molar-refractivity contribution in [3.8, 4) is 5.75 Å². The molecule has 0 spiro atoms. The second kappa shape index (κ2) is 8.03. The van der Waals surface area contributed by atoms with Gasteiger partial charge in [-0.05, 0) is 61.6 Å². The molecule has 2 bridgehead atoms. The highest BCUT2D eigenvalue weighted by Crippen LogP contribution is 2.56. The summed E-state index contributed by atoms with van der Waals surface area (Å²) in [6, 6.07) is 2.75. The van der Waals surface area contributed by atoms with E-state index in [1.165, 1.54) is 0 Å². The number of carbonyl (C=O) groups is 1. The molecule has 0 saturated heterocycles. The fraction of sp³-hybridized carbons (Fsp3) is 0.650. The minimum absolute atomic E-state index is 0.0146. The number of hydrogen-bond acceptors (Lipinski definition) is 5. The van der Waals surface area contributed by atoms with Crippen LogP contribution in [0.1, 0.15) is 55.5 Å². The lowest BCUT2D eigenvalue weighted by Gasteiger charge is -2.42. The zero-order valence-corrected chi connectivity index (χ0v) is 17.6. The summed E-state index contributed by atoms with van der Waals surface area (Å²) >= 11 is 0. The zero-order valence-electron chi connectivity index (χ0n) is 16.7. The van der Waals surface area contributed by atoms with Gasteiger partial charge in [-0.25, -0.2) is 4.79 Å². The fourth-order valence-electron chi connectivity index (χ4n) is 4.77. The number of carbonyl (C=O) groups excluding carboxylic acids is 1. The molecule has 30 heavy (non-hydrogen) atoms. The molecule has 3 rings (SSSR count). The monoisotopic (exact) mass is 450 g/mol. The second-order valence-electron chi connectivity index (χ2n) is 8.42. The Bertz CT molecular complexity index is 912. The molecule has 0 amide bonds. The van der Waals surface area contributed by atoms with E-state index in [0.29, 0.717) is 12.3 Å². The summed E-state index contributed by atoms with van der Waals surface area (Å²) in [5.74, 6) is -1.65. The lowest BCUT2D eigenvalue weighted by atomic mass is 9.76. The summed E-state index contributed by atoms with van der Waals surface area (Å²) in [5, 5.41) is 0. The first-order valence-electron chi connectivity index (χ1n) is 9.84. The topological polar surface area (TPSA) is 89.9 Å². The highest BCUT2D eigenvalue weighted by Gasteiger charge is 2.55. The van der Waals surface area contributed by atoms with Gasteiger partial charge in [0.2, 0.25) is 0 Å². The van der Waals surface area contributed by atoms with E-state index in [4.69, 9.17) is 14.0 Å². The van der Waals surface area contributed by atoms with Crippen molar-refractivity contribution in [2.24, 2.45) is 17.8 Å². The molecule has 10 heteroatoms. The number of benzene rings is 1. The minimum Gasteiger partial charge on any atom is -0.486 e. The van der Waals surface area contributed by atoms with E-state index < -0.39 is 51.5 Å². The molecule has 0 heterocycles. The van der Waals surface area contributed by atoms with Gasteiger partial charge in [0, 0.05) is 0 Å². The number of fused-ring (bicyclic) bond motifs is 2. The molecule has 168 valence electrons. The van der Waals surface area contributed by atoms with Crippen molar-refractivity contribution in [2.75, 3.05) is 12.4 Å². The van der Waals surface area contributed by atoms with Crippen LogP contribution in [-0.2, 0) is 21.0 Å². The maximum atomic E-state index is 13.6. The van der Waals surface area contributed by atoms with Crippen molar-refractivity contribution in [2.45, 2.75) is 51.3 Å². The standard InChI is InChI=1S/C20H25F3O6S/c1-12(2)19(11-13-3-5-15(19)9-13)29-17-10-14(4-6-16(17)20(21,22)23)18(24)28-7-8-30(25,26)27/h4,6,10,12-13,15H,3,5,7-9,11H2,1-2H3,(H,25,26,27). The van der Waals surface area contributed by atoms with E-state index in [0.717, 1.165) is 37.5 Å². The van der Waals surface area contributed by atoms with Gasteiger partial charge in [0.25, 0.3) is 10.1 Å². The summed E-state index contributed by atoms with van der Waals surface area (Å²) in [5.41, 5.74) is -1.88. The largest absolute Gasteiger partial charge is 0.486 e. The Morgan fingerprint density at radius 3 is 2.50 bits per heavy atom. The average molecular weight is 450 g/mol. The van der Waals surface area contributed by atoms with E-state index in [2.05, 4.69) is 0 Å². The Hall–Kier alpha value is -1.81. The van der Waals surface area contributed by atoms with Gasteiger partial charge in [0.1, 0.15) is 23.7 Å². The van der Waals surface area contributed by atoms with Crippen LogP contribution in [-0.4, -0.2) is 36.9 Å². The molecular formula is C20H25F3O6S. The first kappa shape index (κ1) is 22.9. The number of halogens is 3. The molecule has 2 fully saturated rings. The van der Waals surface area contributed by atoms with Crippen LogP contribution in [0, 0.1) is 17.8 Å². The third-order valence-electron chi connectivity index (χ3n) is 6.21. The predicted molar refractivity (Wildman–Crippen MR) is 102 cm³/mol. The van der Waals surface area contributed by atoms with Crippen LogP contribution in [0.2, 0.25) is 0 Å². The maximum Gasteiger partial charge on any atom is 0.419 e. The molecule has 3 unspecified atom stereocenters. The molecule has 0 radical (unpaired) electrons. The second-order valence-corrected chi connectivity index (χ2v) is 9.99. The molecule has 1 aromatic carbocycles. The molecular weight excluding hydrogens is 425 g/mol. The summed E-state index contributed by atoms with van der Waals surface area (Å²) in [7, 11) is -4.33. The van der Waals surface area contributed by atoms with Gasteiger partial charge < -0.3 is 9.47 Å². The number of esters is 1.